The van der Waals surface area contributed by atoms with Crippen molar-refractivity contribution in [2.24, 2.45) is 0 Å². The fraction of sp³-hybridized carbons (Fsp3) is 0.222. The van der Waals surface area contributed by atoms with Crippen LogP contribution in [0.15, 0.2) is 47.4 Å². The summed E-state index contributed by atoms with van der Waals surface area (Å²) >= 11 is 5.85. The van der Waals surface area contributed by atoms with Crippen molar-refractivity contribution < 1.29 is 22.7 Å². The molecule has 7 nitrogen and oxygen atoms in total. The van der Waals surface area contributed by atoms with Gasteiger partial charge in [-0.2, -0.15) is 0 Å². The Labute approximate surface area is 162 Å². The number of hydrogen-bond acceptors (Lipinski definition) is 5. The lowest BCUT2D eigenvalue weighted by Crippen LogP contribution is -2.32. The molecule has 9 heteroatoms. The zero-order chi connectivity index (χ0) is 20.0. The summed E-state index contributed by atoms with van der Waals surface area (Å²) in [4.78, 5) is 24.0. The number of nitrogens with one attached hydrogen (secondary N) is 2. The van der Waals surface area contributed by atoms with E-state index in [1.54, 1.807) is 24.3 Å². The summed E-state index contributed by atoms with van der Waals surface area (Å²) in [5, 5.41) is 5.10. The molecule has 0 bridgehead atoms. The molecule has 144 valence electrons. The van der Waals surface area contributed by atoms with Gasteiger partial charge >= 0.3 is 0 Å². The molecule has 0 saturated carbocycles. The number of carbonyl (C=O) groups excluding carboxylic acids is 2. The topological polar surface area (TPSA) is 102 Å². The van der Waals surface area contributed by atoms with Crippen LogP contribution in [-0.2, 0) is 14.6 Å². The lowest BCUT2D eigenvalue weighted by molar-refractivity contribution is -0.115. The first-order chi connectivity index (χ1) is 12.7. The third-order valence-corrected chi connectivity index (χ3v) is 5.03. The van der Waals surface area contributed by atoms with Crippen LogP contribution in [0.25, 0.3) is 0 Å². The third kappa shape index (κ3) is 5.97. The third-order valence-electron chi connectivity index (χ3n) is 3.45. The normalized spacial score (nSPS) is 10.9. The first kappa shape index (κ1) is 20.7. The smallest absolute Gasteiger partial charge is 0.251 e. The van der Waals surface area contributed by atoms with Crippen molar-refractivity contribution in [2.75, 3.05) is 24.7 Å². The number of amides is 2. The van der Waals surface area contributed by atoms with Gasteiger partial charge in [0.25, 0.3) is 5.91 Å². The van der Waals surface area contributed by atoms with E-state index >= 15 is 0 Å². The highest BCUT2D eigenvalue weighted by Gasteiger charge is 2.16. The first-order valence-corrected chi connectivity index (χ1v) is 10.3. The number of rotatable bonds is 7. The van der Waals surface area contributed by atoms with Crippen molar-refractivity contribution >= 4 is 38.9 Å². The highest BCUT2D eigenvalue weighted by molar-refractivity contribution is 7.90. The lowest BCUT2D eigenvalue weighted by Gasteiger charge is -2.09. The van der Waals surface area contributed by atoms with Gasteiger partial charge in [-0.1, -0.05) is 11.6 Å². The number of sulfone groups is 1. The maximum Gasteiger partial charge on any atom is 0.251 e. The molecule has 0 fully saturated rings. The minimum Gasteiger partial charge on any atom is -0.494 e. The summed E-state index contributed by atoms with van der Waals surface area (Å²) in [7, 11) is -3.57. The van der Waals surface area contributed by atoms with Gasteiger partial charge in [0.2, 0.25) is 5.91 Å². The van der Waals surface area contributed by atoms with Crippen molar-refractivity contribution in [2.45, 2.75) is 11.8 Å². The molecule has 2 aromatic carbocycles. The Hall–Kier alpha value is -2.58. The first-order valence-electron chi connectivity index (χ1n) is 8.01. The molecular formula is C18H19ClN2O5S. The minimum absolute atomic E-state index is 0.0299. The summed E-state index contributed by atoms with van der Waals surface area (Å²) < 4.78 is 28.7. The Bertz CT molecular complexity index is 943. The van der Waals surface area contributed by atoms with Crippen molar-refractivity contribution in [1.29, 1.82) is 0 Å². The molecule has 2 aromatic rings. The van der Waals surface area contributed by atoms with Gasteiger partial charge in [0.05, 0.1) is 23.1 Å². The van der Waals surface area contributed by atoms with Gasteiger partial charge < -0.3 is 15.4 Å². The van der Waals surface area contributed by atoms with E-state index in [4.69, 9.17) is 16.3 Å². The fourth-order valence-corrected chi connectivity index (χ4v) is 3.50. The maximum absolute atomic E-state index is 12.2. The van der Waals surface area contributed by atoms with Gasteiger partial charge in [-0.05, 0) is 49.4 Å². The monoisotopic (exact) mass is 410 g/mol. The van der Waals surface area contributed by atoms with Crippen molar-refractivity contribution in [3.05, 3.63) is 53.1 Å². The van der Waals surface area contributed by atoms with Crippen LogP contribution in [-0.4, -0.2) is 39.6 Å². The van der Waals surface area contributed by atoms with E-state index in [1.807, 2.05) is 6.92 Å². The van der Waals surface area contributed by atoms with E-state index in [0.29, 0.717) is 18.0 Å². The quantitative estimate of drug-likeness (QED) is 0.730. The molecule has 0 unspecified atom stereocenters. The van der Waals surface area contributed by atoms with Crippen molar-refractivity contribution in [3.63, 3.8) is 0 Å². The number of carbonyl (C=O) groups is 2. The fourth-order valence-electron chi connectivity index (χ4n) is 2.20. The molecule has 0 spiro atoms. The summed E-state index contributed by atoms with van der Waals surface area (Å²) in [6.07, 6.45) is 1.00. The lowest BCUT2D eigenvalue weighted by atomic mass is 10.2. The van der Waals surface area contributed by atoms with Gasteiger partial charge in [-0.15, -0.1) is 0 Å². The molecule has 0 heterocycles. The number of hydrogen-bond donors (Lipinski definition) is 2. The second kappa shape index (κ2) is 8.88. The second-order valence-electron chi connectivity index (χ2n) is 5.61. The summed E-state index contributed by atoms with van der Waals surface area (Å²) in [6.45, 7) is 2.14. The molecule has 2 rings (SSSR count). The zero-order valence-corrected chi connectivity index (χ0v) is 16.4. The van der Waals surface area contributed by atoms with Crippen LogP contribution in [0.1, 0.15) is 17.3 Å². The SMILES string of the molecule is CCOc1ccc(NC(=O)CNC(=O)c2ccc(Cl)c(S(C)(=O)=O)c2)cc1. The van der Waals surface area contributed by atoms with E-state index in [9.17, 15) is 18.0 Å². The largest absolute Gasteiger partial charge is 0.494 e. The average Bonchev–Trinajstić information content (AvgIpc) is 2.61. The summed E-state index contributed by atoms with van der Waals surface area (Å²) in [5.41, 5.74) is 0.650. The molecule has 0 radical (unpaired) electrons. The summed E-state index contributed by atoms with van der Waals surface area (Å²) in [5.74, 6) is -0.323. The minimum atomic E-state index is -3.57. The van der Waals surface area contributed by atoms with Gasteiger partial charge in [-0.3, -0.25) is 9.59 Å². The Balaban J connectivity index is 1.96. The van der Waals surface area contributed by atoms with Gasteiger partial charge in [0.1, 0.15) is 5.75 Å². The molecular weight excluding hydrogens is 392 g/mol. The van der Waals surface area contributed by atoms with Crippen molar-refractivity contribution in [1.82, 2.24) is 5.32 Å². The molecule has 0 aliphatic carbocycles. The van der Waals surface area contributed by atoms with Crippen LogP contribution < -0.4 is 15.4 Å². The van der Waals surface area contributed by atoms with E-state index in [0.717, 1.165) is 6.26 Å². The predicted molar refractivity (Wildman–Crippen MR) is 103 cm³/mol. The van der Waals surface area contributed by atoms with Crippen LogP contribution >= 0.6 is 11.6 Å². The van der Waals surface area contributed by atoms with Crippen LogP contribution in [0.3, 0.4) is 0 Å². The molecule has 0 atom stereocenters. The molecule has 2 N–H and O–H groups in total. The Kier molecular flexibility index (Phi) is 6.81. The van der Waals surface area contributed by atoms with E-state index in [1.165, 1.54) is 18.2 Å². The standard InChI is InChI=1S/C18H19ClN2O5S/c1-3-26-14-7-5-13(6-8-14)21-17(22)11-20-18(23)12-4-9-15(19)16(10-12)27(2,24)25/h4-10H,3,11H2,1-2H3,(H,20,23)(H,21,22). The molecule has 0 aliphatic rings. The Morgan fingerprint density at radius 1 is 1.11 bits per heavy atom. The number of benzene rings is 2. The molecule has 0 aromatic heterocycles. The zero-order valence-electron chi connectivity index (χ0n) is 14.8. The van der Waals surface area contributed by atoms with Crippen LogP contribution in [0.5, 0.6) is 5.75 Å². The number of anilines is 1. The summed E-state index contributed by atoms with van der Waals surface area (Å²) in [6, 6.07) is 10.7. The van der Waals surface area contributed by atoms with Gasteiger partial charge in [0.15, 0.2) is 9.84 Å². The van der Waals surface area contributed by atoms with Crippen molar-refractivity contribution in [3.8, 4) is 5.75 Å². The van der Waals surface area contributed by atoms with Crippen LogP contribution in [0.4, 0.5) is 5.69 Å². The average molecular weight is 411 g/mol. The Morgan fingerprint density at radius 2 is 1.78 bits per heavy atom. The molecule has 0 saturated heterocycles. The highest BCUT2D eigenvalue weighted by Crippen LogP contribution is 2.22. The van der Waals surface area contributed by atoms with Gasteiger partial charge in [-0.25, -0.2) is 8.42 Å². The van der Waals surface area contributed by atoms with E-state index < -0.39 is 21.7 Å². The number of halogens is 1. The molecule has 0 aliphatic heterocycles. The van der Waals surface area contributed by atoms with Crippen LogP contribution in [0.2, 0.25) is 5.02 Å². The predicted octanol–water partition coefficient (Wildman–Crippen LogP) is 2.51. The number of ether oxygens (including phenoxy) is 1. The van der Waals surface area contributed by atoms with Gasteiger partial charge in [0, 0.05) is 17.5 Å². The Morgan fingerprint density at radius 3 is 2.37 bits per heavy atom. The highest BCUT2D eigenvalue weighted by atomic mass is 35.5. The van der Waals surface area contributed by atoms with Crippen LogP contribution in [0, 0.1) is 0 Å². The second-order valence-corrected chi connectivity index (χ2v) is 8.00. The van der Waals surface area contributed by atoms with E-state index in [-0.39, 0.29) is 22.0 Å². The van der Waals surface area contributed by atoms with E-state index in [2.05, 4.69) is 10.6 Å². The maximum atomic E-state index is 12.2. The molecule has 27 heavy (non-hydrogen) atoms. The molecule has 2 amide bonds.